The number of hydrogen-bond donors (Lipinski definition) is 1. The van der Waals surface area contributed by atoms with Gasteiger partial charge in [-0.25, -0.2) is 8.42 Å². The minimum absolute atomic E-state index is 0.223. The van der Waals surface area contributed by atoms with Gasteiger partial charge in [-0.1, -0.05) is 31.5 Å². The Bertz CT molecular complexity index is 887. The van der Waals surface area contributed by atoms with Crippen LogP contribution in [0, 0.1) is 6.92 Å². The third-order valence-electron chi connectivity index (χ3n) is 4.41. The fourth-order valence-corrected chi connectivity index (χ4v) is 4.45. The molecule has 0 radical (unpaired) electrons. The Morgan fingerprint density at radius 1 is 1.00 bits per heavy atom. The molecule has 7 heteroatoms. The van der Waals surface area contributed by atoms with Gasteiger partial charge in [0.2, 0.25) is 10.0 Å². The maximum atomic E-state index is 12.8. The fraction of sp³-hybridized carbons (Fsp3) is 0.409. The Morgan fingerprint density at radius 2 is 1.55 bits per heavy atom. The summed E-state index contributed by atoms with van der Waals surface area (Å²) < 4.78 is 32.7. The van der Waals surface area contributed by atoms with E-state index in [1.54, 1.807) is 19.1 Å². The first-order chi connectivity index (χ1) is 13.8. The first-order valence-electron chi connectivity index (χ1n) is 9.92. The molecule has 0 aliphatic rings. The SMILES string of the molecule is CCCN(CCC)S(=O)(=O)c1ccc(NC(=O)C(C)Oc2ccc(C)cc2)cc1. The fourth-order valence-electron chi connectivity index (χ4n) is 2.83. The zero-order chi connectivity index (χ0) is 21.4. The summed E-state index contributed by atoms with van der Waals surface area (Å²) in [5.41, 5.74) is 1.63. The van der Waals surface area contributed by atoms with Crippen molar-refractivity contribution in [2.75, 3.05) is 18.4 Å². The van der Waals surface area contributed by atoms with Crippen LogP contribution in [0.3, 0.4) is 0 Å². The van der Waals surface area contributed by atoms with Crippen molar-refractivity contribution in [1.29, 1.82) is 0 Å². The minimum atomic E-state index is -3.54. The van der Waals surface area contributed by atoms with E-state index in [-0.39, 0.29) is 10.8 Å². The highest BCUT2D eigenvalue weighted by molar-refractivity contribution is 7.89. The van der Waals surface area contributed by atoms with Crippen LogP contribution in [0.5, 0.6) is 5.75 Å². The zero-order valence-electron chi connectivity index (χ0n) is 17.5. The van der Waals surface area contributed by atoms with Crippen LogP contribution in [0.4, 0.5) is 5.69 Å². The highest BCUT2D eigenvalue weighted by Crippen LogP contribution is 2.20. The number of benzene rings is 2. The maximum Gasteiger partial charge on any atom is 0.265 e. The second-order valence-electron chi connectivity index (χ2n) is 6.99. The third-order valence-corrected chi connectivity index (χ3v) is 6.32. The van der Waals surface area contributed by atoms with Gasteiger partial charge in [-0.3, -0.25) is 4.79 Å². The lowest BCUT2D eigenvalue weighted by molar-refractivity contribution is -0.122. The molecule has 1 amide bonds. The molecule has 1 atom stereocenters. The molecule has 0 fully saturated rings. The van der Waals surface area contributed by atoms with Crippen molar-refractivity contribution in [3.63, 3.8) is 0 Å². The van der Waals surface area contributed by atoms with Crippen molar-refractivity contribution in [2.24, 2.45) is 0 Å². The van der Waals surface area contributed by atoms with Gasteiger partial charge in [0.25, 0.3) is 5.91 Å². The molecule has 0 saturated carbocycles. The third kappa shape index (κ3) is 6.30. The molecule has 0 bridgehead atoms. The number of carbonyl (C=O) groups is 1. The Balaban J connectivity index is 2.03. The molecule has 0 heterocycles. The molecule has 0 aliphatic carbocycles. The largest absolute Gasteiger partial charge is 0.481 e. The number of rotatable bonds is 10. The van der Waals surface area contributed by atoms with E-state index in [1.165, 1.54) is 16.4 Å². The number of nitrogens with zero attached hydrogens (tertiary/aromatic N) is 1. The van der Waals surface area contributed by atoms with Crippen molar-refractivity contribution >= 4 is 21.6 Å². The van der Waals surface area contributed by atoms with Gasteiger partial charge in [0.1, 0.15) is 5.75 Å². The number of sulfonamides is 1. The van der Waals surface area contributed by atoms with Crippen LogP contribution in [0.15, 0.2) is 53.4 Å². The van der Waals surface area contributed by atoms with Crippen LogP contribution < -0.4 is 10.1 Å². The summed E-state index contributed by atoms with van der Waals surface area (Å²) in [6.07, 6.45) is 0.823. The lowest BCUT2D eigenvalue weighted by Crippen LogP contribution is -2.32. The van der Waals surface area contributed by atoms with E-state index in [0.29, 0.717) is 24.5 Å². The molecule has 29 heavy (non-hydrogen) atoms. The van der Waals surface area contributed by atoms with Crippen molar-refractivity contribution in [3.8, 4) is 5.75 Å². The minimum Gasteiger partial charge on any atom is -0.481 e. The average Bonchev–Trinajstić information content (AvgIpc) is 2.70. The predicted octanol–water partition coefficient (Wildman–Crippen LogP) is 4.21. The molecule has 2 rings (SSSR count). The van der Waals surface area contributed by atoms with Crippen LogP contribution in [0.2, 0.25) is 0 Å². The highest BCUT2D eigenvalue weighted by Gasteiger charge is 2.23. The monoisotopic (exact) mass is 418 g/mol. The molecule has 2 aromatic carbocycles. The van der Waals surface area contributed by atoms with Gasteiger partial charge < -0.3 is 10.1 Å². The molecular formula is C22H30N2O4S. The number of aryl methyl sites for hydroxylation is 1. The van der Waals surface area contributed by atoms with E-state index in [0.717, 1.165) is 18.4 Å². The van der Waals surface area contributed by atoms with Crippen molar-refractivity contribution < 1.29 is 17.9 Å². The van der Waals surface area contributed by atoms with Gasteiger partial charge in [-0.15, -0.1) is 0 Å². The lowest BCUT2D eigenvalue weighted by Gasteiger charge is -2.21. The van der Waals surface area contributed by atoms with Crippen LogP contribution in [0.1, 0.15) is 39.2 Å². The molecule has 0 aliphatic heterocycles. The first kappa shape index (κ1) is 22.9. The number of nitrogens with one attached hydrogen (secondary N) is 1. The zero-order valence-corrected chi connectivity index (χ0v) is 18.3. The molecule has 1 unspecified atom stereocenters. The predicted molar refractivity (Wildman–Crippen MR) is 116 cm³/mol. The van der Waals surface area contributed by atoms with Crippen LogP contribution >= 0.6 is 0 Å². The number of carbonyl (C=O) groups excluding carboxylic acids is 1. The van der Waals surface area contributed by atoms with Crippen LogP contribution in [0.25, 0.3) is 0 Å². The van der Waals surface area contributed by atoms with Crippen molar-refractivity contribution in [3.05, 3.63) is 54.1 Å². The Hall–Kier alpha value is -2.38. The normalized spacial score (nSPS) is 12.6. The molecular weight excluding hydrogens is 388 g/mol. The van der Waals surface area contributed by atoms with Gasteiger partial charge >= 0.3 is 0 Å². The summed E-state index contributed by atoms with van der Waals surface area (Å²) in [7, 11) is -3.54. The Morgan fingerprint density at radius 3 is 2.07 bits per heavy atom. The van der Waals surface area contributed by atoms with E-state index in [9.17, 15) is 13.2 Å². The molecule has 0 aromatic heterocycles. The number of anilines is 1. The quantitative estimate of drug-likeness (QED) is 0.627. The summed E-state index contributed by atoms with van der Waals surface area (Å²) in [5, 5.41) is 2.76. The number of ether oxygens (including phenoxy) is 1. The molecule has 0 saturated heterocycles. The molecule has 158 valence electrons. The van der Waals surface area contributed by atoms with E-state index < -0.39 is 16.1 Å². The van der Waals surface area contributed by atoms with E-state index in [4.69, 9.17) is 4.74 Å². The molecule has 6 nitrogen and oxygen atoms in total. The standard InChI is InChI=1S/C22H30N2O4S/c1-5-15-24(16-6-2)29(26,27)21-13-9-19(10-14-21)23-22(25)18(4)28-20-11-7-17(3)8-12-20/h7-14,18H,5-6,15-16H2,1-4H3,(H,23,25). The smallest absolute Gasteiger partial charge is 0.265 e. The van der Waals surface area contributed by atoms with E-state index in [1.807, 2.05) is 45.0 Å². The Labute approximate surface area is 173 Å². The van der Waals surface area contributed by atoms with Crippen LogP contribution in [-0.2, 0) is 14.8 Å². The van der Waals surface area contributed by atoms with Crippen LogP contribution in [-0.4, -0.2) is 37.8 Å². The average molecular weight is 419 g/mol. The summed E-state index contributed by atoms with van der Waals surface area (Å²) >= 11 is 0. The van der Waals surface area contributed by atoms with Gasteiger partial charge in [0, 0.05) is 18.8 Å². The summed E-state index contributed by atoms with van der Waals surface area (Å²) in [5.74, 6) is 0.311. The summed E-state index contributed by atoms with van der Waals surface area (Å²) in [4.78, 5) is 12.6. The first-order valence-corrected chi connectivity index (χ1v) is 11.4. The molecule has 2 aromatic rings. The highest BCUT2D eigenvalue weighted by atomic mass is 32.2. The summed E-state index contributed by atoms with van der Waals surface area (Å²) in [6, 6.07) is 13.7. The van der Waals surface area contributed by atoms with Gasteiger partial charge in [0.15, 0.2) is 6.10 Å². The van der Waals surface area contributed by atoms with Gasteiger partial charge in [-0.05, 0) is 63.1 Å². The second-order valence-corrected chi connectivity index (χ2v) is 8.93. The Kier molecular flexibility index (Phi) is 8.22. The second kappa shape index (κ2) is 10.4. The van der Waals surface area contributed by atoms with Gasteiger partial charge in [-0.2, -0.15) is 4.31 Å². The van der Waals surface area contributed by atoms with Crippen molar-refractivity contribution in [2.45, 2.75) is 51.5 Å². The van der Waals surface area contributed by atoms with Crippen molar-refractivity contribution in [1.82, 2.24) is 4.31 Å². The number of amides is 1. The number of hydrogen-bond acceptors (Lipinski definition) is 4. The lowest BCUT2D eigenvalue weighted by atomic mass is 10.2. The van der Waals surface area contributed by atoms with E-state index >= 15 is 0 Å². The maximum absolute atomic E-state index is 12.8. The summed E-state index contributed by atoms with van der Waals surface area (Å²) in [6.45, 7) is 8.53. The van der Waals surface area contributed by atoms with Gasteiger partial charge in [0.05, 0.1) is 4.90 Å². The topological polar surface area (TPSA) is 75.7 Å². The molecule has 0 spiro atoms. The van der Waals surface area contributed by atoms with E-state index in [2.05, 4.69) is 5.32 Å². The molecule has 1 N–H and O–H groups in total.